The fraction of sp³-hybridized carbons (Fsp3) is 0.636. The molecule has 1 heterocycles. The summed E-state index contributed by atoms with van der Waals surface area (Å²) in [5.41, 5.74) is 0.115. The van der Waals surface area contributed by atoms with Crippen LogP contribution in [0, 0.1) is 0 Å². The maximum absolute atomic E-state index is 11.9. The Morgan fingerprint density at radius 2 is 2.15 bits per heavy atom. The summed E-state index contributed by atoms with van der Waals surface area (Å²) in [7, 11) is 0. The highest BCUT2D eigenvalue weighted by atomic mass is 79.9. The minimum absolute atomic E-state index is 0.0806. The number of hydrogen-bond acceptors (Lipinski definition) is 4. The summed E-state index contributed by atoms with van der Waals surface area (Å²) in [4.78, 5) is 11.9. The number of hydrogen-bond donors (Lipinski definition) is 1. The molecular formula is C11H15BrF3N3O2. The van der Waals surface area contributed by atoms with Crippen molar-refractivity contribution in [3.05, 3.63) is 21.0 Å². The van der Waals surface area contributed by atoms with Crippen LogP contribution in [0.2, 0.25) is 0 Å². The van der Waals surface area contributed by atoms with E-state index in [4.69, 9.17) is 0 Å². The van der Waals surface area contributed by atoms with E-state index in [9.17, 15) is 18.0 Å². The summed E-state index contributed by atoms with van der Waals surface area (Å²) in [6, 6.07) is -0.0806. The number of nitrogens with one attached hydrogen (secondary N) is 1. The van der Waals surface area contributed by atoms with Gasteiger partial charge in [0.25, 0.3) is 5.56 Å². The lowest BCUT2D eigenvalue weighted by atomic mass is 10.4. The number of nitrogens with zero attached hydrogens (tertiary/aromatic N) is 2. The van der Waals surface area contributed by atoms with Crippen molar-refractivity contribution in [2.75, 3.05) is 25.1 Å². The summed E-state index contributed by atoms with van der Waals surface area (Å²) in [5, 5.41) is 6.76. The molecule has 0 bridgehead atoms. The number of halogens is 4. The first-order valence-electron chi connectivity index (χ1n) is 5.88. The van der Waals surface area contributed by atoms with E-state index in [1.54, 1.807) is 0 Å². The van der Waals surface area contributed by atoms with Crippen molar-refractivity contribution in [2.24, 2.45) is 0 Å². The largest absolute Gasteiger partial charge is 0.411 e. The average Bonchev–Trinajstić information content (AvgIpc) is 2.32. The van der Waals surface area contributed by atoms with E-state index in [2.05, 4.69) is 31.1 Å². The standard InChI is InChI=1S/C11H15BrF3N3O2/c1-7(2)18-10(19)9(12)8(5-17-18)16-3-4-20-6-11(13,14)15/h5,7,16H,3-4,6H2,1-2H3. The van der Waals surface area contributed by atoms with Crippen molar-refractivity contribution in [3.8, 4) is 0 Å². The van der Waals surface area contributed by atoms with Crippen LogP contribution in [-0.4, -0.2) is 35.7 Å². The van der Waals surface area contributed by atoms with Gasteiger partial charge in [-0.3, -0.25) is 4.79 Å². The van der Waals surface area contributed by atoms with Crippen molar-refractivity contribution in [2.45, 2.75) is 26.1 Å². The van der Waals surface area contributed by atoms with Crippen molar-refractivity contribution in [1.82, 2.24) is 9.78 Å². The van der Waals surface area contributed by atoms with Gasteiger partial charge in [-0.1, -0.05) is 0 Å². The molecule has 0 fully saturated rings. The van der Waals surface area contributed by atoms with Crippen molar-refractivity contribution < 1.29 is 17.9 Å². The van der Waals surface area contributed by atoms with E-state index >= 15 is 0 Å². The molecule has 0 radical (unpaired) electrons. The third-order valence-corrected chi connectivity index (χ3v) is 3.03. The van der Waals surface area contributed by atoms with Gasteiger partial charge in [0.15, 0.2) is 0 Å². The maximum atomic E-state index is 11.9. The van der Waals surface area contributed by atoms with E-state index < -0.39 is 12.8 Å². The fourth-order valence-electron chi connectivity index (χ4n) is 1.38. The van der Waals surface area contributed by atoms with Gasteiger partial charge in [-0.15, -0.1) is 0 Å². The molecule has 0 spiro atoms. The first kappa shape index (κ1) is 17.0. The molecule has 114 valence electrons. The van der Waals surface area contributed by atoms with Gasteiger partial charge < -0.3 is 10.1 Å². The molecule has 0 amide bonds. The predicted octanol–water partition coefficient (Wildman–Crippen LogP) is 2.58. The molecule has 0 aliphatic carbocycles. The van der Waals surface area contributed by atoms with Crippen LogP contribution in [0.3, 0.4) is 0 Å². The van der Waals surface area contributed by atoms with Gasteiger partial charge in [0.05, 0.1) is 24.5 Å². The maximum Gasteiger partial charge on any atom is 0.411 e. The monoisotopic (exact) mass is 357 g/mol. The summed E-state index contributed by atoms with van der Waals surface area (Å²) in [5.74, 6) is 0. The Morgan fingerprint density at radius 3 is 2.70 bits per heavy atom. The van der Waals surface area contributed by atoms with E-state index in [0.717, 1.165) is 0 Å². The Kier molecular flexibility index (Phi) is 6.00. The van der Waals surface area contributed by atoms with Crippen LogP contribution in [0.5, 0.6) is 0 Å². The molecule has 0 saturated heterocycles. The predicted molar refractivity (Wildman–Crippen MR) is 71.9 cm³/mol. The minimum Gasteiger partial charge on any atom is -0.380 e. The second-order valence-corrected chi connectivity index (χ2v) is 5.10. The third-order valence-electron chi connectivity index (χ3n) is 2.26. The number of anilines is 1. The Balaban J connectivity index is 2.54. The summed E-state index contributed by atoms with van der Waals surface area (Å²) >= 11 is 3.14. The molecule has 1 rings (SSSR count). The van der Waals surface area contributed by atoms with Crippen LogP contribution in [0.4, 0.5) is 18.9 Å². The number of ether oxygens (including phenoxy) is 1. The molecule has 20 heavy (non-hydrogen) atoms. The lowest BCUT2D eigenvalue weighted by Gasteiger charge is -2.13. The number of rotatable bonds is 6. The van der Waals surface area contributed by atoms with Crippen LogP contribution in [0.1, 0.15) is 19.9 Å². The molecule has 0 atom stereocenters. The van der Waals surface area contributed by atoms with Gasteiger partial charge in [0, 0.05) is 6.54 Å². The summed E-state index contributed by atoms with van der Waals surface area (Å²) in [6.45, 7) is 2.36. The Hall–Kier alpha value is -1.09. The topological polar surface area (TPSA) is 56.1 Å². The Labute approximate surface area is 122 Å². The SMILES string of the molecule is CC(C)n1ncc(NCCOCC(F)(F)F)c(Br)c1=O. The summed E-state index contributed by atoms with van der Waals surface area (Å²) < 4.78 is 41.5. The third kappa shape index (κ3) is 5.12. The first-order valence-corrected chi connectivity index (χ1v) is 6.67. The fourth-order valence-corrected chi connectivity index (χ4v) is 1.81. The van der Waals surface area contributed by atoms with Gasteiger partial charge in [-0.2, -0.15) is 18.3 Å². The zero-order chi connectivity index (χ0) is 15.3. The van der Waals surface area contributed by atoms with Gasteiger partial charge in [0.1, 0.15) is 11.1 Å². The van der Waals surface area contributed by atoms with E-state index in [0.29, 0.717) is 5.69 Å². The highest BCUT2D eigenvalue weighted by Gasteiger charge is 2.27. The van der Waals surface area contributed by atoms with Gasteiger partial charge in [0.2, 0.25) is 0 Å². The van der Waals surface area contributed by atoms with Gasteiger partial charge in [-0.25, -0.2) is 4.68 Å². The van der Waals surface area contributed by atoms with E-state index in [-0.39, 0.29) is 29.2 Å². The van der Waals surface area contributed by atoms with Crippen molar-refractivity contribution in [1.29, 1.82) is 0 Å². The van der Waals surface area contributed by atoms with Gasteiger partial charge >= 0.3 is 6.18 Å². The molecule has 0 aromatic carbocycles. The van der Waals surface area contributed by atoms with Crippen LogP contribution in [0.25, 0.3) is 0 Å². The minimum atomic E-state index is -4.33. The molecule has 0 aliphatic heterocycles. The highest BCUT2D eigenvalue weighted by molar-refractivity contribution is 9.10. The molecule has 1 aromatic rings. The quantitative estimate of drug-likeness (QED) is 0.795. The van der Waals surface area contributed by atoms with Crippen LogP contribution in [-0.2, 0) is 4.74 Å². The number of alkyl halides is 3. The van der Waals surface area contributed by atoms with Crippen LogP contribution >= 0.6 is 15.9 Å². The normalized spacial score (nSPS) is 11.9. The zero-order valence-electron chi connectivity index (χ0n) is 11.0. The molecule has 0 saturated carbocycles. The molecule has 1 aromatic heterocycles. The molecule has 5 nitrogen and oxygen atoms in total. The van der Waals surface area contributed by atoms with Crippen molar-refractivity contribution >= 4 is 21.6 Å². The zero-order valence-corrected chi connectivity index (χ0v) is 12.6. The lowest BCUT2D eigenvalue weighted by molar-refractivity contribution is -0.172. The second-order valence-electron chi connectivity index (χ2n) is 4.31. The molecular weight excluding hydrogens is 343 g/mol. The lowest BCUT2D eigenvalue weighted by Crippen LogP contribution is -2.26. The molecule has 1 N–H and O–H groups in total. The van der Waals surface area contributed by atoms with Gasteiger partial charge in [-0.05, 0) is 29.8 Å². The summed E-state index contributed by atoms with van der Waals surface area (Å²) in [6.07, 6.45) is -2.89. The molecule has 9 heteroatoms. The average molecular weight is 358 g/mol. The smallest absolute Gasteiger partial charge is 0.380 e. The first-order chi connectivity index (χ1) is 9.22. The second kappa shape index (κ2) is 7.07. The number of aromatic nitrogens is 2. The van der Waals surface area contributed by atoms with Crippen LogP contribution < -0.4 is 10.9 Å². The Morgan fingerprint density at radius 1 is 1.50 bits per heavy atom. The highest BCUT2D eigenvalue weighted by Crippen LogP contribution is 2.17. The molecule has 0 aliphatic rings. The molecule has 0 unspecified atom stereocenters. The van der Waals surface area contributed by atoms with Crippen LogP contribution in [0.15, 0.2) is 15.5 Å². The Bertz CT molecular complexity index is 503. The van der Waals surface area contributed by atoms with E-state index in [1.807, 2.05) is 13.8 Å². The van der Waals surface area contributed by atoms with Crippen molar-refractivity contribution in [3.63, 3.8) is 0 Å². The van der Waals surface area contributed by atoms with E-state index in [1.165, 1.54) is 10.9 Å².